The molecule has 0 unspecified atom stereocenters. The molecule has 38 valence electrons. The van der Waals surface area contributed by atoms with Gasteiger partial charge in [0, 0.05) is 5.38 Å². The summed E-state index contributed by atoms with van der Waals surface area (Å²) in [6.45, 7) is 0. The molecule has 1 rings (SSSR count). The fourth-order valence-corrected chi connectivity index (χ4v) is 1.08. The van der Waals surface area contributed by atoms with Crippen molar-refractivity contribution in [1.29, 1.82) is 0 Å². The van der Waals surface area contributed by atoms with Gasteiger partial charge in [0.05, 0.1) is 5.02 Å². The molecular weight excluding hydrogens is 155 g/mol. The molecule has 1 heterocycles. The second-order valence-electron chi connectivity index (χ2n) is 1.08. The molecule has 0 radical (unpaired) electrons. The van der Waals surface area contributed by atoms with E-state index in [-0.39, 0.29) is 34.6 Å². The Kier molecular flexibility index (Phi) is 4.12. The van der Waals surface area contributed by atoms with Crippen LogP contribution in [0.3, 0.4) is 0 Å². The van der Waals surface area contributed by atoms with Gasteiger partial charge in [-0.3, -0.25) is 0 Å². The van der Waals surface area contributed by atoms with E-state index in [9.17, 15) is 5.11 Å². The van der Waals surface area contributed by atoms with Crippen molar-refractivity contribution < 1.29 is 34.7 Å². The van der Waals surface area contributed by atoms with Gasteiger partial charge in [-0.05, 0) is 6.07 Å². The van der Waals surface area contributed by atoms with Gasteiger partial charge < -0.3 is 5.11 Å². The average Bonchev–Trinajstić information content (AvgIpc) is 1.87. The van der Waals surface area contributed by atoms with Crippen molar-refractivity contribution in [1.82, 2.24) is 0 Å². The van der Waals surface area contributed by atoms with Gasteiger partial charge in [-0.1, -0.05) is 16.7 Å². The molecule has 1 aromatic heterocycles. The molecule has 0 bridgehead atoms. The van der Waals surface area contributed by atoms with Crippen LogP contribution >= 0.6 is 22.9 Å². The van der Waals surface area contributed by atoms with E-state index >= 15 is 0 Å². The van der Waals surface area contributed by atoms with Crippen LogP contribution in [-0.4, -0.2) is 0 Å². The summed E-state index contributed by atoms with van der Waals surface area (Å²) >= 11 is 6.49. The van der Waals surface area contributed by atoms with Crippen molar-refractivity contribution in [2.45, 2.75) is 0 Å². The first kappa shape index (κ1) is 8.79. The van der Waals surface area contributed by atoms with E-state index < -0.39 is 0 Å². The van der Waals surface area contributed by atoms with Crippen LogP contribution in [0.4, 0.5) is 0 Å². The van der Waals surface area contributed by atoms with Crippen LogP contribution in [0.1, 0.15) is 0 Å². The van der Waals surface area contributed by atoms with Crippen LogP contribution in [0.15, 0.2) is 11.4 Å². The molecule has 0 saturated heterocycles. The number of thiophene rings is 1. The summed E-state index contributed by atoms with van der Waals surface area (Å²) in [6, 6.07) is 1.40. The standard InChI is InChI=1S/C4H3ClOS.Na/c5-3-1-4(6)7-2-3;/h1-2,6H;/q;+1/p-1. The number of hydrogen-bond acceptors (Lipinski definition) is 2. The molecule has 1 aromatic rings. The first-order valence-electron chi connectivity index (χ1n) is 1.70. The third-order valence-corrected chi connectivity index (χ3v) is 1.61. The largest absolute Gasteiger partial charge is 1.00 e. The molecule has 0 N–H and O–H groups in total. The predicted molar refractivity (Wildman–Crippen MR) is 28.8 cm³/mol. The molecular formula is C4H2ClNaOS. The van der Waals surface area contributed by atoms with Gasteiger partial charge in [0.2, 0.25) is 0 Å². The Hall–Kier alpha value is 0.790. The van der Waals surface area contributed by atoms with Crippen molar-refractivity contribution in [3.8, 4) is 5.06 Å². The normalized spacial score (nSPS) is 8.12. The second-order valence-corrected chi connectivity index (χ2v) is 2.39. The Bertz CT molecular complexity index is 148. The van der Waals surface area contributed by atoms with Crippen molar-refractivity contribution in [3.63, 3.8) is 0 Å². The first-order chi connectivity index (χ1) is 3.29. The summed E-state index contributed by atoms with van der Waals surface area (Å²) in [5, 5.41) is 12.4. The van der Waals surface area contributed by atoms with E-state index in [2.05, 4.69) is 0 Å². The van der Waals surface area contributed by atoms with E-state index in [1.54, 1.807) is 5.38 Å². The zero-order valence-electron chi connectivity index (χ0n) is 4.35. The Morgan fingerprint density at radius 2 is 2.25 bits per heavy atom. The summed E-state index contributed by atoms with van der Waals surface area (Å²) in [5.74, 6) is 0. The molecule has 0 fully saturated rings. The van der Waals surface area contributed by atoms with Gasteiger partial charge in [0.1, 0.15) is 0 Å². The second kappa shape index (κ2) is 3.75. The van der Waals surface area contributed by atoms with Gasteiger partial charge in [-0.15, -0.1) is 0 Å². The van der Waals surface area contributed by atoms with Crippen molar-refractivity contribution in [3.05, 3.63) is 16.5 Å². The third-order valence-electron chi connectivity index (χ3n) is 0.543. The van der Waals surface area contributed by atoms with Crippen molar-refractivity contribution in [2.75, 3.05) is 0 Å². The van der Waals surface area contributed by atoms with Gasteiger partial charge in [0.15, 0.2) is 0 Å². The van der Waals surface area contributed by atoms with Crippen molar-refractivity contribution in [2.24, 2.45) is 0 Å². The number of rotatable bonds is 0. The van der Waals surface area contributed by atoms with Crippen LogP contribution in [0, 0.1) is 0 Å². The Balaban J connectivity index is 0.000000490. The number of halogens is 1. The maximum atomic E-state index is 10.2. The average molecular weight is 157 g/mol. The van der Waals surface area contributed by atoms with Crippen molar-refractivity contribution >= 4 is 22.9 Å². The van der Waals surface area contributed by atoms with Gasteiger partial charge in [0.25, 0.3) is 0 Å². The van der Waals surface area contributed by atoms with E-state index in [4.69, 9.17) is 11.6 Å². The fraction of sp³-hybridized carbons (Fsp3) is 0. The minimum absolute atomic E-state index is 0. The zero-order chi connectivity index (χ0) is 5.28. The maximum Gasteiger partial charge on any atom is 1.00 e. The topological polar surface area (TPSA) is 23.1 Å². The molecule has 0 aliphatic heterocycles. The molecule has 0 amide bonds. The summed E-state index contributed by atoms with van der Waals surface area (Å²) in [4.78, 5) is 0. The summed E-state index contributed by atoms with van der Waals surface area (Å²) < 4.78 is 0. The maximum absolute atomic E-state index is 10.2. The quantitative estimate of drug-likeness (QED) is 0.419. The van der Waals surface area contributed by atoms with E-state index in [1.165, 1.54) is 6.07 Å². The van der Waals surface area contributed by atoms with Crippen LogP contribution < -0.4 is 34.7 Å². The SMILES string of the molecule is [Na+].[O-]c1cc(Cl)cs1. The predicted octanol–water partition coefficient (Wildman–Crippen LogP) is -1.52. The molecule has 8 heavy (non-hydrogen) atoms. The third kappa shape index (κ3) is 2.37. The minimum atomic E-state index is 0. The summed E-state index contributed by atoms with van der Waals surface area (Å²) in [7, 11) is 0. The number of hydrogen-bond donors (Lipinski definition) is 0. The zero-order valence-corrected chi connectivity index (χ0v) is 7.92. The molecule has 0 aromatic carbocycles. The first-order valence-corrected chi connectivity index (χ1v) is 2.96. The summed E-state index contributed by atoms with van der Waals surface area (Å²) in [5.41, 5.74) is 0. The molecule has 0 aliphatic carbocycles. The van der Waals surface area contributed by atoms with Crippen LogP contribution in [0.2, 0.25) is 5.02 Å². The van der Waals surface area contributed by atoms with Gasteiger partial charge in [-0.2, -0.15) is 11.3 Å². The molecule has 0 atom stereocenters. The van der Waals surface area contributed by atoms with Crippen LogP contribution in [0.5, 0.6) is 5.06 Å². The smallest absolute Gasteiger partial charge is 0.865 e. The van der Waals surface area contributed by atoms with Crippen LogP contribution in [0.25, 0.3) is 0 Å². The van der Waals surface area contributed by atoms with E-state index in [0.29, 0.717) is 5.02 Å². The van der Waals surface area contributed by atoms with E-state index in [1.807, 2.05) is 0 Å². The Morgan fingerprint density at radius 1 is 1.62 bits per heavy atom. The monoisotopic (exact) mass is 156 g/mol. The van der Waals surface area contributed by atoms with Gasteiger partial charge in [-0.25, -0.2) is 0 Å². The summed E-state index contributed by atoms with van der Waals surface area (Å²) in [6.07, 6.45) is 0. The molecule has 0 saturated carbocycles. The molecule has 1 nitrogen and oxygen atoms in total. The molecule has 4 heteroatoms. The fourth-order valence-electron chi connectivity index (χ4n) is 0.295. The molecule has 0 spiro atoms. The van der Waals surface area contributed by atoms with E-state index in [0.717, 1.165) is 11.3 Å². The minimum Gasteiger partial charge on any atom is -0.865 e. The van der Waals surface area contributed by atoms with Gasteiger partial charge >= 0.3 is 29.6 Å². The Morgan fingerprint density at radius 3 is 2.38 bits per heavy atom. The molecule has 0 aliphatic rings. The van der Waals surface area contributed by atoms with Crippen LogP contribution in [-0.2, 0) is 0 Å². The Labute approximate surface area is 78.6 Å².